The van der Waals surface area contributed by atoms with Crippen LogP contribution in [-0.2, 0) is 4.74 Å². The first kappa shape index (κ1) is 14.3. The Balaban J connectivity index is 1.62. The molecule has 2 rings (SSSR count). The van der Waals surface area contributed by atoms with Crippen molar-refractivity contribution >= 4 is 0 Å². The summed E-state index contributed by atoms with van der Waals surface area (Å²) < 4.78 is 6.04. The van der Waals surface area contributed by atoms with Crippen LogP contribution in [0.1, 0.15) is 71.1 Å². The van der Waals surface area contributed by atoms with Gasteiger partial charge in [0, 0.05) is 6.61 Å². The van der Waals surface area contributed by atoms with Gasteiger partial charge in [0.05, 0.1) is 12.2 Å². The van der Waals surface area contributed by atoms with E-state index in [2.05, 4.69) is 6.92 Å². The Morgan fingerprint density at radius 2 is 1.72 bits per heavy atom. The Labute approximate surface area is 112 Å². The van der Waals surface area contributed by atoms with Crippen LogP contribution in [0.4, 0.5) is 0 Å². The summed E-state index contributed by atoms with van der Waals surface area (Å²) in [6.07, 6.45) is 12.7. The third-order valence-corrected chi connectivity index (χ3v) is 4.89. The van der Waals surface area contributed by atoms with Crippen LogP contribution in [0, 0.1) is 11.8 Å². The van der Waals surface area contributed by atoms with Gasteiger partial charge in [-0.15, -0.1) is 0 Å². The summed E-state index contributed by atoms with van der Waals surface area (Å²) in [6.45, 7) is 3.21. The lowest BCUT2D eigenvalue weighted by Gasteiger charge is -2.40. The highest BCUT2D eigenvalue weighted by atomic mass is 16.5. The topological polar surface area (TPSA) is 29.5 Å². The molecule has 0 saturated heterocycles. The first-order chi connectivity index (χ1) is 8.79. The normalized spacial score (nSPS) is 36.3. The average Bonchev–Trinajstić information content (AvgIpc) is 2.38. The van der Waals surface area contributed by atoms with Crippen LogP contribution in [0.25, 0.3) is 0 Å². The second-order valence-electron chi connectivity index (χ2n) is 6.35. The van der Waals surface area contributed by atoms with Crippen molar-refractivity contribution in [2.75, 3.05) is 6.61 Å². The first-order valence-electron chi connectivity index (χ1n) is 8.09. The van der Waals surface area contributed by atoms with Gasteiger partial charge < -0.3 is 9.84 Å². The van der Waals surface area contributed by atoms with E-state index in [-0.39, 0.29) is 6.10 Å². The summed E-state index contributed by atoms with van der Waals surface area (Å²) in [5.74, 6) is 1.62. The molecule has 1 N–H and O–H groups in total. The van der Waals surface area contributed by atoms with Gasteiger partial charge in [-0.2, -0.15) is 0 Å². The van der Waals surface area contributed by atoms with Gasteiger partial charge in [-0.05, 0) is 56.8 Å². The van der Waals surface area contributed by atoms with Crippen LogP contribution in [0.2, 0.25) is 0 Å². The Hall–Kier alpha value is -0.0800. The summed E-state index contributed by atoms with van der Waals surface area (Å²) in [6, 6.07) is 0. The van der Waals surface area contributed by atoms with Crippen molar-refractivity contribution in [3.8, 4) is 0 Å². The SMILES string of the molecule is CCCCCCOC1CCC2CC(O)CCC2C1. The highest BCUT2D eigenvalue weighted by Gasteiger charge is 2.35. The van der Waals surface area contributed by atoms with Crippen molar-refractivity contribution < 1.29 is 9.84 Å². The number of hydrogen-bond acceptors (Lipinski definition) is 2. The Morgan fingerprint density at radius 3 is 2.56 bits per heavy atom. The third kappa shape index (κ3) is 4.24. The molecule has 0 aromatic heterocycles. The minimum atomic E-state index is -0.0160. The maximum atomic E-state index is 9.71. The molecule has 2 fully saturated rings. The van der Waals surface area contributed by atoms with Crippen LogP contribution in [0.5, 0.6) is 0 Å². The zero-order valence-electron chi connectivity index (χ0n) is 11.9. The molecule has 2 nitrogen and oxygen atoms in total. The van der Waals surface area contributed by atoms with E-state index in [1.54, 1.807) is 0 Å². The smallest absolute Gasteiger partial charge is 0.0578 e. The zero-order chi connectivity index (χ0) is 12.8. The number of unbranched alkanes of at least 4 members (excludes halogenated alkanes) is 3. The van der Waals surface area contributed by atoms with Crippen molar-refractivity contribution in [2.45, 2.75) is 83.3 Å². The van der Waals surface area contributed by atoms with Gasteiger partial charge in [0.15, 0.2) is 0 Å². The predicted octanol–water partition coefficient (Wildman–Crippen LogP) is 3.91. The van der Waals surface area contributed by atoms with Crippen LogP contribution >= 0.6 is 0 Å². The van der Waals surface area contributed by atoms with Crippen LogP contribution in [0.3, 0.4) is 0 Å². The minimum absolute atomic E-state index is 0.0160. The van der Waals surface area contributed by atoms with Gasteiger partial charge in [0.25, 0.3) is 0 Å². The molecule has 0 aromatic rings. The van der Waals surface area contributed by atoms with Gasteiger partial charge in [-0.25, -0.2) is 0 Å². The molecule has 0 radical (unpaired) electrons. The van der Waals surface area contributed by atoms with Crippen molar-refractivity contribution in [2.24, 2.45) is 11.8 Å². The lowest BCUT2D eigenvalue weighted by atomic mass is 9.69. The summed E-state index contributed by atoms with van der Waals surface area (Å²) in [4.78, 5) is 0. The maximum absolute atomic E-state index is 9.71. The molecule has 18 heavy (non-hydrogen) atoms. The molecule has 0 bridgehead atoms. The Kier molecular flexibility index (Phi) is 5.97. The molecular weight excluding hydrogens is 224 g/mol. The quantitative estimate of drug-likeness (QED) is 0.728. The first-order valence-corrected chi connectivity index (χ1v) is 8.09. The van der Waals surface area contributed by atoms with E-state index in [1.165, 1.54) is 51.4 Å². The predicted molar refractivity (Wildman–Crippen MR) is 74.6 cm³/mol. The lowest BCUT2D eigenvalue weighted by molar-refractivity contribution is -0.0328. The van der Waals surface area contributed by atoms with E-state index in [4.69, 9.17) is 4.74 Å². The van der Waals surface area contributed by atoms with E-state index in [0.717, 1.165) is 31.3 Å². The molecule has 0 spiro atoms. The van der Waals surface area contributed by atoms with Crippen molar-refractivity contribution in [3.05, 3.63) is 0 Å². The second kappa shape index (κ2) is 7.49. The number of aliphatic hydroxyl groups excluding tert-OH is 1. The monoisotopic (exact) mass is 254 g/mol. The largest absolute Gasteiger partial charge is 0.393 e. The fourth-order valence-electron chi connectivity index (χ4n) is 3.75. The molecule has 106 valence electrons. The molecule has 2 heteroatoms. The van der Waals surface area contributed by atoms with E-state index in [0.29, 0.717) is 6.10 Å². The zero-order valence-corrected chi connectivity index (χ0v) is 11.9. The van der Waals surface area contributed by atoms with Crippen LogP contribution in [0.15, 0.2) is 0 Å². The van der Waals surface area contributed by atoms with Gasteiger partial charge in [0.2, 0.25) is 0 Å². The highest BCUT2D eigenvalue weighted by molar-refractivity contribution is 4.86. The van der Waals surface area contributed by atoms with E-state index < -0.39 is 0 Å². The molecule has 0 aromatic carbocycles. The molecule has 0 aliphatic heterocycles. The number of ether oxygens (including phenoxy) is 1. The summed E-state index contributed by atoms with van der Waals surface area (Å²) in [5.41, 5.74) is 0. The minimum Gasteiger partial charge on any atom is -0.393 e. The van der Waals surface area contributed by atoms with Crippen molar-refractivity contribution in [3.63, 3.8) is 0 Å². The van der Waals surface area contributed by atoms with Gasteiger partial charge in [-0.1, -0.05) is 26.2 Å². The second-order valence-corrected chi connectivity index (χ2v) is 6.35. The Bertz CT molecular complexity index is 229. The molecule has 4 unspecified atom stereocenters. The number of hydrogen-bond donors (Lipinski definition) is 1. The Morgan fingerprint density at radius 1 is 0.944 bits per heavy atom. The number of fused-ring (bicyclic) bond motifs is 1. The fraction of sp³-hybridized carbons (Fsp3) is 1.00. The fourth-order valence-corrected chi connectivity index (χ4v) is 3.75. The molecule has 0 heterocycles. The molecule has 2 aliphatic carbocycles. The highest BCUT2D eigenvalue weighted by Crippen LogP contribution is 2.41. The van der Waals surface area contributed by atoms with E-state index in [9.17, 15) is 5.11 Å². The van der Waals surface area contributed by atoms with E-state index >= 15 is 0 Å². The lowest BCUT2D eigenvalue weighted by Crippen LogP contribution is -2.35. The molecule has 4 atom stereocenters. The standard InChI is InChI=1S/C16H30O2/c1-2-3-4-5-10-18-16-9-7-13-11-15(17)8-6-14(13)12-16/h13-17H,2-12H2,1H3. The molecule has 0 amide bonds. The van der Waals surface area contributed by atoms with Crippen molar-refractivity contribution in [1.82, 2.24) is 0 Å². The van der Waals surface area contributed by atoms with Gasteiger partial charge in [0.1, 0.15) is 0 Å². The van der Waals surface area contributed by atoms with E-state index in [1.807, 2.05) is 0 Å². The number of aliphatic hydroxyl groups is 1. The van der Waals surface area contributed by atoms with Crippen molar-refractivity contribution in [1.29, 1.82) is 0 Å². The number of rotatable bonds is 6. The van der Waals surface area contributed by atoms with Crippen LogP contribution < -0.4 is 0 Å². The van der Waals surface area contributed by atoms with Crippen LogP contribution in [-0.4, -0.2) is 23.9 Å². The summed E-state index contributed by atoms with van der Waals surface area (Å²) >= 11 is 0. The molecule has 2 aliphatic rings. The maximum Gasteiger partial charge on any atom is 0.0578 e. The summed E-state index contributed by atoms with van der Waals surface area (Å²) in [5, 5.41) is 9.71. The van der Waals surface area contributed by atoms with Gasteiger partial charge >= 0.3 is 0 Å². The summed E-state index contributed by atoms with van der Waals surface area (Å²) in [7, 11) is 0. The van der Waals surface area contributed by atoms with Gasteiger partial charge in [-0.3, -0.25) is 0 Å². The molecular formula is C16H30O2. The average molecular weight is 254 g/mol. The third-order valence-electron chi connectivity index (χ3n) is 4.89. The molecule has 2 saturated carbocycles.